The van der Waals surface area contributed by atoms with E-state index in [1.54, 1.807) is 0 Å². The van der Waals surface area contributed by atoms with Gasteiger partial charge in [-0.15, -0.1) is 0 Å². The Balaban J connectivity index is 2.73. The Kier molecular flexibility index (Phi) is 10.7. The van der Waals surface area contributed by atoms with Crippen LogP contribution in [0.15, 0.2) is 30.3 Å². The Morgan fingerprint density at radius 1 is 0.806 bits per heavy atom. The van der Waals surface area contributed by atoms with Crippen molar-refractivity contribution in [3.63, 3.8) is 0 Å². The number of benzene rings is 1. The maximum Gasteiger partial charge on any atom is 0.329 e. The topological polar surface area (TPSA) is 137 Å². The number of ether oxygens (including phenoxy) is 3. The Labute approximate surface area is 180 Å². The van der Waals surface area contributed by atoms with Crippen molar-refractivity contribution >= 4 is 29.7 Å². The Bertz CT molecular complexity index is 781. The molecule has 0 radical (unpaired) electrons. The third kappa shape index (κ3) is 8.45. The van der Waals surface area contributed by atoms with E-state index in [1.807, 2.05) is 37.3 Å². The van der Waals surface area contributed by atoms with Gasteiger partial charge in [0.15, 0.2) is 0 Å². The van der Waals surface area contributed by atoms with Gasteiger partial charge in [-0.05, 0) is 12.5 Å². The molecular weight excluding hydrogens is 408 g/mol. The molecule has 0 spiro atoms. The van der Waals surface area contributed by atoms with Gasteiger partial charge >= 0.3 is 17.9 Å². The number of carbonyl (C=O) groups excluding carboxylic acids is 5. The highest BCUT2D eigenvalue weighted by molar-refractivity contribution is 5.92. The van der Waals surface area contributed by atoms with Crippen molar-refractivity contribution in [3.05, 3.63) is 35.9 Å². The summed E-state index contributed by atoms with van der Waals surface area (Å²) in [4.78, 5) is 60.3. The largest absolute Gasteiger partial charge is 0.469 e. The zero-order chi connectivity index (χ0) is 23.4. The lowest BCUT2D eigenvalue weighted by atomic mass is 9.95. The van der Waals surface area contributed by atoms with Crippen molar-refractivity contribution in [2.24, 2.45) is 5.92 Å². The summed E-state index contributed by atoms with van der Waals surface area (Å²) < 4.78 is 13.8. The number of methoxy groups -OCH3 is 3. The summed E-state index contributed by atoms with van der Waals surface area (Å²) in [6.07, 6.45) is -0.887. The fraction of sp³-hybridized carbons (Fsp3) is 0.476. The molecular formula is C21H28N2O8. The van der Waals surface area contributed by atoms with Gasteiger partial charge in [0.1, 0.15) is 6.04 Å². The third-order valence-corrected chi connectivity index (χ3v) is 4.55. The molecule has 0 unspecified atom stereocenters. The second kappa shape index (κ2) is 13.0. The molecule has 2 N–H and O–H groups in total. The molecule has 3 atom stereocenters. The van der Waals surface area contributed by atoms with Crippen LogP contribution < -0.4 is 10.6 Å². The van der Waals surface area contributed by atoms with Gasteiger partial charge in [0, 0.05) is 12.8 Å². The molecule has 10 nitrogen and oxygen atoms in total. The van der Waals surface area contributed by atoms with E-state index in [2.05, 4.69) is 24.8 Å². The van der Waals surface area contributed by atoms with E-state index in [0.29, 0.717) is 0 Å². The zero-order valence-corrected chi connectivity index (χ0v) is 18.0. The average molecular weight is 436 g/mol. The zero-order valence-electron chi connectivity index (χ0n) is 18.0. The lowest BCUT2D eigenvalue weighted by molar-refractivity contribution is -0.159. The van der Waals surface area contributed by atoms with Crippen LogP contribution in [0.3, 0.4) is 0 Å². The van der Waals surface area contributed by atoms with Crippen molar-refractivity contribution in [1.82, 2.24) is 10.6 Å². The highest BCUT2D eigenvalue weighted by Crippen LogP contribution is 2.15. The molecule has 31 heavy (non-hydrogen) atoms. The Morgan fingerprint density at radius 2 is 1.35 bits per heavy atom. The summed E-state index contributed by atoms with van der Waals surface area (Å²) in [6, 6.07) is 7.58. The summed E-state index contributed by atoms with van der Waals surface area (Å²) in [7, 11) is 3.28. The first-order valence-electron chi connectivity index (χ1n) is 9.59. The molecule has 0 saturated heterocycles. The molecule has 170 valence electrons. The smallest absolute Gasteiger partial charge is 0.329 e. The molecule has 0 aliphatic carbocycles. The van der Waals surface area contributed by atoms with Gasteiger partial charge in [-0.25, -0.2) is 4.79 Å². The van der Waals surface area contributed by atoms with E-state index in [1.165, 1.54) is 0 Å². The first-order chi connectivity index (χ1) is 14.7. The monoisotopic (exact) mass is 436 g/mol. The summed E-state index contributed by atoms with van der Waals surface area (Å²) in [5, 5.41) is 5.13. The Morgan fingerprint density at radius 3 is 1.87 bits per heavy atom. The normalized spacial score (nSPS) is 13.2. The molecule has 1 aromatic rings. The van der Waals surface area contributed by atoms with Crippen molar-refractivity contribution in [2.75, 3.05) is 21.3 Å². The van der Waals surface area contributed by atoms with E-state index in [9.17, 15) is 24.0 Å². The van der Waals surface area contributed by atoms with Gasteiger partial charge in [-0.1, -0.05) is 30.3 Å². The van der Waals surface area contributed by atoms with E-state index < -0.39 is 42.2 Å². The minimum Gasteiger partial charge on any atom is -0.469 e. The SMILES string of the molecule is COC(=O)C[C@@H](C(=O)OC)[C@H](NC(=O)CCC(=O)N[C@H](C)c1ccccc1)C(=O)OC. The van der Waals surface area contributed by atoms with Crippen LogP contribution in [0.1, 0.15) is 37.8 Å². The molecule has 1 rings (SSSR count). The lowest BCUT2D eigenvalue weighted by Gasteiger charge is -2.23. The highest BCUT2D eigenvalue weighted by Gasteiger charge is 2.38. The predicted molar refractivity (Wildman–Crippen MR) is 108 cm³/mol. The summed E-state index contributed by atoms with van der Waals surface area (Å²) >= 11 is 0. The van der Waals surface area contributed by atoms with E-state index in [4.69, 9.17) is 0 Å². The van der Waals surface area contributed by atoms with Crippen LogP contribution >= 0.6 is 0 Å². The highest BCUT2D eigenvalue weighted by atomic mass is 16.5. The predicted octanol–water partition coefficient (Wildman–Crippen LogP) is 0.654. The van der Waals surface area contributed by atoms with Gasteiger partial charge in [0.25, 0.3) is 0 Å². The average Bonchev–Trinajstić information content (AvgIpc) is 2.79. The second-order valence-corrected chi connectivity index (χ2v) is 6.68. The second-order valence-electron chi connectivity index (χ2n) is 6.68. The molecule has 0 aliphatic heterocycles. The lowest BCUT2D eigenvalue weighted by Crippen LogP contribution is -2.50. The number of rotatable bonds is 11. The van der Waals surface area contributed by atoms with Gasteiger partial charge in [-0.3, -0.25) is 19.2 Å². The minimum atomic E-state index is -1.48. The fourth-order valence-corrected chi connectivity index (χ4v) is 2.81. The number of hydrogen-bond donors (Lipinski definition) is 2. The fourth-order valence-electron chi connectivity index (χ4n) is 2.81. The molecule has 0 fully saturated rings. The van der Waals surface area contributed by atoms with Crippen LogP contribution in [0.5, 0.6) is 0 Å². The number of carbonyl (C=O) groups is 5. The summed E-state index contributed by atoms with van der Waals surface area (Å²) in [5.41, 5.74) is 0.912. The van der Waals surface area contributed by atoms with Crippen LogP contribution in [0.25, 0.3) is 0 Å². The van der Waals surface area contributed by atoms with Crippen molar-refractivity contribution in [1.29, 1.82) is 0 Å². The molecule has 2 amide bonds. The Hall–Kier alpha value is -3.43. The van der Waals surface area contributed by atoms with Crippen LogP contribution in [-0.2, 0) is 38.2 Å². The van der Waals surface area contributed by atoms with Crippen LogP contribution in [-0.4, -0.2) is 57.1 Å². The first-order valence-corrected chi connectivity index (χ1v) is 9.59. The quantitative estimate of drug-likeness (QED) is 0.381. The maximum atomic E-state index is 12.3. The van der Waals surface area contributed by atoms with Crippen molar-refractivity contribution in [2.45, 2.75) is 38.3 Å². The molecule has 0 bridgehead atoms. The molecule has 10 heteroatoms. The van der Waals surface area contributed by atoms with Crippen LogP contribution in [0, 0.1) is 5.92 Å². The van der Waals surface area contributed by atoms with Crippen LogP contribution in [0.2, 0.25) is 0 Å². The number of amides is 2. The van der Waals surface area contributed by atoms with E-state index in [0.717, 1.165) is 26.9 Å². The van der Waals surface area contributed by atoms with Gasteiger partial charge < -0.3 is 24.8 Å². The third-order valence-electron chi connectivity index (χ3n) is 4.55. The summed E-state index contributed by atoms with van der Waals surface area (Å²) in [6.45, 7) is 1.81. The number of esters is 3. The van der Waals surface area contributed by atoms with Gasteiger partial charge in [0.05, 0.1) is 39.7 Å². The summed E-state index contributed by atoms with van der Waals surface area (Å²) in [5.74, 6) is -4.98. The van der Waals surface area contributed by atoms with Crippen LogP contribution in [0.4, 0.5) is 0 Å². The molecule has 1 aromatic carbocycles. The van der Waals surface area contributed by atoms with E-state index >= 15 is 0 Å². The van der Waals surface area contributed by atoms with Gasteiger partial charge in [-0.2, -0.15) is 0 Å². The molecule has 0 saturated carbocycles. The first kappa shape index (κ1) is 25.6. The number of hydrogen-bond acceptors (Lipinski definition) is 8. The van der Waals surface area contributed by atoms with Gasteiger partial charge in [0.2, 0.25) is 11.8 Å². The maximum absolute atomic E-state index is 12.3. The minimum absolute atomic E-state index is 0.142. The van der Waals surface area contributed by atoms with Crippen molar-refractivity contribution in [3.8, 4) is 0 Å². The van der Waals surface area contributed by atoms with Crippen molar-refractivity contribution < 1.29 is 38.2 Å². The molecule has 0 aromatic heterocycles. The number of nitrogens with one attached hydrogen (secondary N) is 2. The molecule has 0 aliphatic rings. The van der Waals surface area contributed by atoms with E-state index in [-0.39, 0.29) is 24.8 Å². The standard InChI is InChI=1S/C21H28N2O8/c1-13(14-8-6-5-7-9-14)22-16(24)10-11-17(25)23-19(21(28)31-4)15(20(27)30-3)12-18(26)29-2/h5-9,13,15,19H,10-12H2,1-4H3,(H,22,24)(H,23,25)/t13-,15-,19+/m1/s1. The molecule has 0 heterocycles.